The van der Waals surface area contributed by atoms with Crippen molar-refractivity contribution in [3.63, 3.8) is 0 Å². The van der Waals surface area contributed by atoms with E-state index in [-0.39, 0.29) is 11.0 Å². The number of carbonyl (C=O) groups excluding carboxylic acids is 1. The average molecular weight is 342 g/mol. The first kappa shape index (κ1) is 14.9. The summed E-state index contributed by atoms with van der Waals surface area (Å²) in [7, 11) is 0. The van der Waals surface area contributed by atoms with Crippen LogP contribution in [-0.4, -0.2) is 16.8 Å². The lowest BCUT2D eigenvalue weighted by Crippen LogP contribution is -2.58. The van der Waals surface area contributed by atoms with Crippen molar-refractivity contribution in [2.24, 2.45) is 23.2 Å². The molecule has 4 rings (SSSR count). The molecule has 0 aromatic carbocycles. The van der Waals surface area contributed by atoms with Crippen molar-refractivity contribution in [2.45, 2.75) is 70.8 Å². The molecule has 4 bridgehead atoms. The van der Waals surface area contributed by atoms with Gasteiger partial charge >= 0.3 is 0 Å². The van der Waals surface area contributed by atoms with Crippen LogP contribution in [0.15, 0.2) is 0 Å². The highest BCUT2D eigenvalue weighted by molar-refractivity contribution is 9.09. The van der Waals surface area contributed by atoms with Crippen LogP contribution in [0.1, 0.15) is 65.2 Å². The first-order valence-corrected chi connectivity index (χ1v) is 9.49. The molecule has 1 amide bonds. The summed E-state index contributed by atoms with van der Waals surface area (Å²) in [5.41, 5.74) is -0.0403. The lowest BCUT2D eigenvalue weighted by Gasteiger charge is -2.56. The summed E-state index contributed by atoms with van der Waals surface area (Å²) in [4.78, 5) is 13.0. The lowest BCUT2D eigenvalue weighted by molar-refractivity contribution is -0.148. The monoisotopic (exact) mass is 341 g/mol. The van der Waals surface area contributed by atoms with Crippen LogP contribution in [0.5, 0.6) is 0 Å². The van der Waals surface area contributed by atoms with Gasteiger partial charge in [0.25, 0.3) is 0 Å². The Bertz CT molecular complexity index is 359. The molecule has 4 saturated carbocycles. The fraction of sp³-hybridized carbons (Fsp3) is 0.941. The zero-order valence-corrected chi connectivity index (χ0v) is 14.5. The van der Waals surface area contributed by atoms with Gasteiger partial charge in [-0.1, -0.05) is 22.9 Å². The van der Waals surface area contributed by atoms with E-state index in [1.807, 2.05) is 0 Å². The maximum absolute atomic E-state index is 13.0. The number of carbonyl (C=O) groups is 1. The van der Waals surface area contributed by atoms with E-state index in [1.54, 1.807) is 0 Å². The Kier molecular flexibility index (Phi) is 3.94. The topological polar surface area (TPSA) is 29.1 Å². The maximum atomic E-state index is 13.0. The molecule has 0 radical (unpaired) electrons. The Labute approximate surface area is 131 Å². The SMILES string of the molecule is CCC(C)(CCBr)NC(=O)C12CC3CC(CC(C3)C1)C2. The molecule has 4 aliphatic rings. The van der Waals surface area contributed by atoms with Gasteiger partial charge in [0.05, 0.1) is 0 Å². The van der Waals surface area contributed by atoms with Gasteiger partial charge in [-0.3, -0.25) is 4.79 Å². The minimum absolute atomic E-state index is 0.00249. The highest BCUT2D eigenvalue weighted by Gasteiger charge is 2.55. The van der Waals surface area contributed by atoms with Crippen LogP contribution >= 0.6 is 15.9 Å². The largest absolute Gasteiger partial charge is 0.350 e. The second-order valence-corrected chi connectivity index (χ2v) is 8.80. The van der Waals surface area contributed by atoms with E-state index in [0.29, 0.717) is 5.91 Å². The summed E-state index contributed by atoms with van der Waals surface area (Å²) >= 11 is 3.53. The molecule has 1 unspecified atom stereocenters. The second kappa shape index (κ2) is 5.30. The van der Waals surface area contributed by atoms with Gasteiger partial charge in [-0.05, 0) is 76.0 Å². The van der Waals surface area contributed by atoms with Gasteiger partial charge < -0.3 is 5.32 Å². The predicted molar refractivity (Wildman–Crippen MR) is 85.9 cm³/mol. The van der Waals surface area contributed by atoms with Crippen LogP contribution in [0, 0.1) is 23.2 Å². The van der Waals surface area contributed by atoms with Gasteiger partial charge in [0, 0.05) is 16.3 Å². The van der Waals surface area contributed by atoms with E-state index in [1.165, 1.54) is 38.5 Å². The fourth-order valence-corrected chi connectivity index (χ4v) is 6.21. The van der Waals surface area contributed by atoms with Crippen molar-refractivity contribution in [2.75, 3.05) is 5.33 Å². The molecular weight excluding hydrogens is 314 g/mol. The first-order valence-electron chi connectivity index (χ1n) is 8.37. The van der Waals surface area contributed by atoms with Crippen LogP contribution in [0.4, 0.5) is 0 Å². The van der Waals surface area contributed by atoms with Crippen molar-refractivity contribution in [3.8, 4) is 0 Å². The molecule has 0 aliphatic heterocycles. The molecule has 1 N–H and O–H groups in total. The van der Waals surface area contributed by atoms with E-state index >= 15 is 0 Å². The van der Waals surface area contributed by atoms with Crippen LogP contribution in [0.25, 0.3) is 0 Å². The number of hydrogen-bond donors (Lipinski definition) is 1. The Morgan fingerprint density at radius 3 is 2.10 bits per heavy atom. The molecule has 114 valence electrons. The second-order valence-electron chi connectivity index (χ2n) is 8.01. The lowest BCUT2D eigenvalue weighted by atomic mass is 9.49. The molecule has 0 heterocycles. The Balaban J connectivity index is 1.73. The minimum atomic E-state index is -0.0378. The van der Waals surface area contributed by atoms with Gasteiger partial charge in [-0.2, -0.15) is 0 Å². The number of alkyl halides is 1. The molecule has 3 heteroatoms. The Morgan fingerprint density at radius 1 is 1.20 bits per heavy atom. The average Bonchev–Trinajstić information content (AvgIpc) is 2.37. The molecule has 0 aromatic heterocycles. The number of hydrogen-bond acceptors (Lipinski definition) is 1. The molecule has 20 heavy (non-hydrogen) atoms. The van der Waals surface area contributed by atoms with Crippen LogP contribution in [-0.2, 0) is 4.79 Å². The van der Waals surface area contributed by atoms with E-state index in [4.69, 9.17) is 0 Å². The molecular formula is C17H28BrNO. The Hall–Kier alpha value is -0.0500. The quantitative estimate of drug-likeness (QED) is 0.743. The van der Waals surface area contributed by atoms with Crippen molar-refractivity contribution in [1.29, 1.82) is 0 Å². The number of amides is 1. The third-order valence-electron chi connectivity index (χ3n) is 6.36. The van der Waals surface area contributed by atoms with E-state index in [0.717, 1.165) is 35.9 Å². The van der Waals surface area contributed by atoms with Crippen molar-refractivity contribution >= 4 is 21.8 Å². The normalized spacial score (nSPS) is 41.5. The molecule has 0 spiro atoms. The van der Waals surface area contributed by atoms with Crippen LogP contribution in [0.3, 0.4) is 0 Å². The minimum Gasteiger partial charge on any atom is -0.350 e. The van der Waals surface area contributed by atoms with Gasteiger partial charge in [0.2, 0.25) is 5.91 Å². The summed E-state index contributed by atoms with van der Waals surface area (Å²) < 4.78 is 0. The Morgan fingerprint density at radius 2 is 1.70 bits per heavy atom. The molecule has 1 atom stereocenters. The van der Waals surface area contributed by atoms with Crippen molar-refractivity contribution < 1.29 is 4.79 Å². The predicted octanol–water partition coefficient (Wildman–Crippen LogP) is 4.27. The summed E-state index contributed by atoms with van der Waals surface area (Å²) in [6.07, 6.45) is 9.73. The molecule has 4 aliphatic carbocycles. The van der Waals surface area contributed by atoms with Crippen LogP contribution in [0.2, 0.25) is 0 Å². The van der Waals surface area contributed by atoms with Gasteiger partial charge in [0.1, 0.15) is 0 Å². The van der Waals surface area contributed by atoms with E-state index < -0.39 is 0 Å². The summed E-state index contributed by atoms with van der Waals surface area (Å²) in [6, 6.07) is 0. The molecule has 4 fully saturated rings. The van der Waals surface area contributed by atoms with Gasteiger partial charge in [-0.15, -0.1) is 0 Å². The highest BCUT2D eigenvalue weighted by atomic mass is 79.9. The molecule has 0 aromatic rings. The summed E-state index contributed by atoms with van der Waals surface area (Å²) in [5, 5.41) is 4.39. The van der Waals surface area contributed by atoms with E-state index in [2.05, 4.69) is 35.1 Å². The first-order chi connectivity index (χ1) is 9.48. The smallest absolute Gasteiger partial charge is 0.226 e. The fourth-order valence-electron chi connectivity index (χ4n) is 5.33. The number of rotatable bonds is 5. The van der Waals surface area contributed by atoms with Crippen molar-refractivity contribution in [1.82, 2.24) is 5.32 Å². The van der Waals surface area contributed by atoms with Gasteiger partial charge in [0.15, 0.2) is 0 Å². The number of nitrogens with one attached hydrogen (secondary N) is 1. The highest BCUT2D eigenvalue weighted by Crippen LogP contribution is 2.60. The summed E-state index contributed by atoms with van der Waals surface area (Å²) in [6.45, 7) is 4.38. The molecule has 2 nitrogen and oxygen atoms in total. The summed E-state index contributed by atoms with van der Waals surface area (Å²) in [5.74, 6) is 2.91. The third-order valence-corrected chi connectivity index (χ3v) is 6.76. The molecule has 0 saturated heterocycles. The third kappa shape index (κ3) is 2.55. The number of halogens is 1. The van der Waals surface area contributed by atoms with Gasteiger partial charge in [-0.25, -0.2) is 0 Å². The zero-order valence-electron chi connectivity index (χ0n) is 12.9. The maximum Gasteiger partial charge on any atom is 0.226 e. The van der Waals surface area contributed by atoms with Crippen LogP contribution < -0.4 is 5.32 Å². The van der Waals surface area contributed by atoms with E-state index in [9.17, 15) is 4.79 Å². The van der Waals surface area contributed by atoms with Crippen molar-refractivity contribution in [3.05, 3.63) is 0 Å². The standard InChI is InChI=1S/C17H28BrNO/c1-3-16(2,4-5-18)19-15(20)17-9-12-6-13(10-17)8-14(7-12)11-17/h12-14H,3-11H2,1-2H3,(H,19,20). The zero-order chi connectivity index (χ0) is 14.4.